The van der Waals surface area contributed by atoms with Crippen LogP contribution >= 0.6 is 0 Å². The summed E-state index contributed by atoms with van der Waals surface area (Å²) in [5.74, 6) is -0.0870. The Bertz CT molecular complexity index is 681. The summed E-state index contributed by atoms with van der Waals surface area (Å²) in [7, 11) is 0. The summed E-state index contributed by atoms with van der Waals surface area (Å²) in [6.07, 6.45) is 9.94. The summed E-state index contributed by atoms with van der Waals surface area (Å²) in [5.41, 5.74) is 2.09. The van der Waals surface area contributed by atoms with Crippen molar-refractivity contribution in [1.82, 2.24) is 0 Å². The van der Waals surface area contributed by atoms with Crippen LogP contribution in [0.4, 0.5) is 0 Å². The fraction of sp³-hybridized carbons (Fsp3) is 0.619. The Labute approximate surface area is 144 Å². The molecule has 1 fully saturated rings. The molecule has 3 aliphatic rings. The van der Waals surface area contributed by atoms with E-state index in [1.807, 2.05) is 0 Å². The molecule has 1 N–H and O–H groups in total. The molecular weight excluding hydrogens is 300 g/mol. The van der Waals surface area contributed by atoms with Gasteiger partial charge in [-0.05, 0) is 67.8 Å². The number of rotatable bonds is 2. The van der Waals surface area contributed by atoms with Gasteiger partial charge in [0.15, 0.2) is 11.5 Å². The maximum atomic E-state index is 12.3. The number of fused-ring (bicyclic) bond motifs is 1. The van der Waals surface area contributed by atoms with Crippen LogP contribution in [-0.4, -0.2) is 16.7 Å². The molecule has 0 bridgehead atoms. The van der Waals surface area contributed by atoms with Gasteiger partial charge in [-0.3, -0.25) is 9.59 Å². The van der Waals surface area contributed by atoms with Crippen LogP contribution in [0.15, 0.2) is 35.1 Å². The topological polar surface area (TPSA) is 54.4 Å². The molecule has 0 heterocycles. The molecule has 3 heteroatoms. The zero-order valence-corrected chi connectivity index (χ0v) is 15.2. The Balaban J connectivity index is 1.97. The molecule has 4 atom stereocenters. The average molecular weight is 328 g/mol. The second-order valence-corrected chi connectivity index (χ2v) is 8.49. The van der Waals surface area contributed by atoms with Gasteiger partial charge in [0.05, 0.1) is 0 Å². The first kappa shape index (κ1) is 17.2. The summed E-state index contributed by atoms with van der Waals surface area (Å²) in [5, 5.41) is 9.76. The number of carbonyl (C=O) groups is 2. The van der Waals surface area contributed by atoms with Crippen LogP contribution in [0.5, 0.6) is 0 Å². The molecule has 3 aliphatic carbocycles. The predicted molar refractivity (Wildman–Crippen MR) is 94.5 cm³/mol. The van der Waals surface area contributed by atoms with E-state index in [1.54, 1.807) is 0 Å². The highest BCUT2D eigenvalue weighted by atomic mass is 16.3. The van der Waals surface area contributed by atoms with Gasteiger partial charge in [-0.15, -0.1) is 0 Å². The summed E-state index contributed by atoms with van der Waals surface area (Å²) in [6, 6.07) is 0. The van der Waals surface area contributed by atoms with Crippen molar-refractivity contribution in [3.63, 3.8) is 0 Å². The lowest BCUT2D eigenvalue weighted by atomic mass is 9.46. The number of aliphatic hydroxyl groups is 1. The van der Waals surface area contributed by atoms with Crippen molar-refractivity contribution >= 4 is 11.6 Å². The van der Waals surface area contributed by atoms with Gasteiger partial charge in [-0.1, -0.05) is 32.4 Å². The number of ketones is 2. The van der Waals surface area contributed by atoms with Crippen molar-refractivity contribution in [3.8, 4) is 0 Å². The molecular formula is C21H28O3. The van der Waals surface area contributed by atoms with Crippen molar-refractivity contribution < 1.29 is 14.7 Å². The molecule has 1 unspecified atom stereocenters. The van der Waals surface area contributed by atoms with Crippen molar-refractivity contribution in [2.75, 3.05) is 0 Å². The van der Waals surface area contributed by atoms with Crippen molar-refractivity contribution in [2.45, 2.75) is 59.8 Å². The minimum atomic E-state index is -0.410. The van der Waals surface area contributed by atoms with Crippen LogP contribution in [0.2, 0.25) is 0 Å². The van der Waals surface area contributed by atoms with Crippen molar-refractivity contribution in [1.29, 1.82) is 0 Å². The van der Waals surface area contributed by atoms with E-state index in [0.29, 0.717) is 23.8 Å². The smallest absolute Gasteiger partial charge is 0.223 e. The van der Waals surface area contributed by atoms with E-state index < -0.39 is 5.76 Å². The lowest BCUT2D eigenvalue weighted by Gasteiger charge is -2.58. The Morgan fingerprint density at radius 2 is 1.92 bits per heavy atom. The van der Waals surface area contributed by atoms with Gasteiger partial charge in [0.2, 0.25) is 5.78 Å². The lowest BCUT2D eigenvalue weighted by Crippen LogP contribution is -2.50. The molecule has 0 aromatic rings. The third-order valence-corrected chi connectivity index (χ3v) is 7.29. The van der Waals surface area contributed by atoms with Crippen LogP contribution in [0.25, 0.3) is 0 Å². The minimum absolute atomic E-state index is 0.0398. The summed E-state index contributed by atoms with van der Waals surface area (Å²) < 4.78 is 0. The molecule has 0 radical (unpaired) electrons. The zero-order valence-electron chi connectivity index (χ0n) is 15.2. The highest BCUT2D eigenvalue weighted by molar-refractivity contribution is 6.19. The maximum Gasteiger partial charge on any atom is 0.223 e. The fourth-order valence-electron chi connectivity index (χ4n) is 5.39. The molecule has 0 spiro atoms. The minimum Gasteiger partial charge on any atom is -0.504 e. The highest BCUT2D eigenvalue weighted by Crippen LogP contribution is 2.62. The van der Waals surface area contributed by atoms with Crippen molar-refractivity contribution in [3.05, 3.63) is 35.1 Å². The van der Waals surface area contributed by atoms with Crippen molar-refractivity contribution in [2.24, 2.45) is 22.7 Å². The normalized spacial score (nSPS) is 39.8. The number of Topliss-reactive ketones (excluding diaryl/α,β-unsaturated/α-hetero) is 1. The summed E-state index contributed by atoms with van der Waals surface area (Å²) >= 11 is 0. The molecule has 0 aromatic carbocycles. The molecule has 1 saturated carbocycles. The van der Waals surface area contributed by atoms with Gasteiger partial charge < -0.3 is 5.11 Å². The maximum absolute atomic E-state index is 12.3. The van der Waals surface area contributed by atoms with E-state index >= 15 is 0 Å². The van der Waals surface area contributed by atoms with Gasteiger partial charge in [0.25, 0.3) is 0 Å². The first-order valence-electron chi connectivity index (χ1n) is 9.05. The Kier molecular flexibility index (Phi) is 4.09. The number of hydrogen-bond acceptors (Lipinski definition) is 3. The zero-order chi connectivity index (χ0) is 17.7. The molecule has 0 aromatic heterocycles. The monoisotopic (exact) mass is 328 g/mol. The number of hydrogen-bond donors (Lipinski definition) is 1. The number of aliphatic hydroxyl groups excluding tert-OH is 1. The van der Waals surface area contributed by atoms with Crippen LogP contribution in [0.3, 0.4) is 0 Å². The fourth-order valence-corrected chi connectivity index (χ4v) is 5.39. The standard InChI is InChI=1S/C21H28O3/c1-13-6-5-7-18-20(13,3)9-8-14(2)21(18,4)12-15-10-16(22)11-17(23)19(15)24/h6,10-11,14,18,23H,5,7-9,12H2,1-4H3/t14-,18?,20+,21+/m0/s1. The Hall–Kier alpha value is -1.64. The van der Waals surface area contributed by atoms with Crippen LogP contribution in [0, 0.1) is 22.7 Å². The third-order valence-electron chi connectivity index (χ3n) is 7.29. The van der Waals surface area contributed by atoms with Crippen LogP contribution in [-0.2, 0) is 9.59 Å². The van der Waals surface area contributed by atoms with Gasteiger partial charge in [-0.25, -0.2) is 0 Å². The largest absolute Gasteiger partial charge is 0.504 e. The Morgan fingerprint density at radius 3 is 2.62 bits per heavy atom. The number of carbonyl (C=O) groups excluding carboxylic acids is 2. The summed E-state index contributed by atoms with van der Waals surface area (Å²) in [4.78, 5) is 24.1. The second kappa shape index (κ2) is 5.72. The highest BCUT2D eigenvalue weighted by Gasteiger charge is 2.53. The lowest BCUT2D eigenvalue weighted by molar-refractivity contribution is -0.118. The average Bonchev–Trinajstić information content (AvgIpc) is 2.51. The molecule has 3 rings (SSSR count). The van der Waals surface area contributed by atoms with Crippen LogP contribution < -0.4 is 0 Å². The molecule has 130 valence electrons. The van der Waals surface area contributed by atoms with Gasteiger partial charge in [-0.2, -0.15) is 0 Å². The number of allylic oxidation sites excluding steroid dienone is 5. The first-order chi connectivity index (χ1) is 11.2. The SMILES string of the molecule is CC1=CCCC2[C@](C)(CC3=CC(=O)C=C(O)C3=O)[C@@H](C)CC[C@]12C. The molecule has 0 saturated heterocycles. The molecule has 24 heavy (non-hydrogen) atoms. The van der Waals surface area contributed by atoms with Gasteiger partial charge in [0, 0.05) is 11.6 Å². The van der Waals surface area contributed by atoms with Gasteiger partial charge in [0.1, 0.15) is 0 Å². The van der Waals surface area contributed by atoms with Crippen LogP contribution in [0.1, 0.15) is 59.8 Å². The second-order valence-electron chi connectivity index (χ2n) is 8.49. The third kappa shape index (κ3) is 2.49. The van der Waals surface area contributed by atoms with E-state index in [-0.39, 0.29) is 22.4 Å². The first-order valence-corrected chi connectivity index (χ1v) is 9.05. The summed E-state index contributed by atoms with van der Waals surface area (Å²) in [6.45, 7) is 9.17. The molecule has 3 nitrogen and oxygen atoms in total. The Morgan fingerprint density at radius 1 is 1.21 bits per heavy atom. The predicted octanol–water partition coefficient (Wildman–Crippen LogP) is 4.70. The van der Waals surface area contributed by atoms with E-state index in [1.165, 1.54) is 18.1 Å². The van der Waals surface area contributed by atoms with E-state index in [9.17, 15) is 14.7 Å². The molecule has 0 amide bonds. The quantitative estimate of drug-likeness (QED) is 0.591. The molecule has 0 aliphatic heterocycles. The van der Waals surface area contributed by atoms with Gasteiger partial charge >= 0.3 is 0 Å². The van der Waals surface area contributed by atoms with E-state index in [4.69, 9.17) is 0 Å². The van der Waals surface area contributed by atoms with E-state index in [0.717, 1.165) is 25.3 Å². The van der Waals surface area contributed by atoms with E-state index in [2.05, 4.69) is 33.8 Å².